The smallest absolute Gasteiger partial charge is 0.413 e. The van der Waals surface area contributed by atoms with Gasteiger partial charge >= 0.3 is 6.09 Å². The van der Waals surface area contributed by atoms with Crippen molar-refractivity contribution < 1.29 is 23.0 Å². The van der Waals surface area contributed by atoms with Crippen LogP contribution in [0.25, 0.3) is 0 Å². The van der Waals surface area contributed by atoms with Gasteiger partial charge in [-0.2, -0.15) is 0 Å². The molecule has 1 amide bonds. The highest BCUT2D eigenvalue weighted by Crippen LogP contribution is 2.52. The molecule has 0 aromatic heterocycles. The Morgan fingerprint density at radius 1 is 1.46 bits per heavy atom. The number of hydrogen-bond donors (Lipinski definition) is 2. The number of ether oxygens (including phenoxy) is 2. The fourth-order valence-corrected chi connectivity index (χ4v) is 4.57. The number of thioether (sulfide) groups is 1. The molecule has 1 saturated heterocycles. The van der Waals surface area contributed by atoms with Crippen molar-refractivity contribution >= 4 is 28.7 Å². The van der Waals surface area contributed by atoms with E-state index in [2.05, 4.69) is 10.3 Å². The molecular weight excluding hydrogens is 388 g/mol. The van der Waals surface area contributed by atoms with Crippen LogP contribution in [0.3, 0.4) is 0 Å². The van der Waals surface area contributed by atoms with Crippen LogP contribution in [0.2, 0.25) is 0 Å². The zero-order valence-electron chi connectivity index (χ0n) is 16.3. The average Bonchev–Trinajstić information content (AvgIpc) is 2.55. The van der Waals surface area contributed by atoms with E-state index in [0.29, 0.717) is 5.69 Å². The number of nitrogens with two attached hydrogens (primary N) is 1. The van der Waals surface area contributed by atoms with Gasteiger partial charge in [-0.25, -0.2) is 18.6 Å². The molecule has 2 aliphatic rings. The summed E-state index contributed by atoms with van der Waals surface area (Å²) >= 11 is 1.06. The highest BCUT2D eigenvalue weighted by molar-refractivity contribution is 8.14. The number of fused-ring (bicyclic) bond motifs is 1. The summed E-state index contributed by atoms with van der Waals surface area (Å²) in [7, 11) is 0. The number of hydrogen-bond acceptors (Lipinski definition) is 6. The van der Waals surface area contributed by atoms with Crippen molar-refractivity contribution in [3.63, 3.8) is 0 Å². The summed E-state index contributed by atoms with van der Waals surface area (Å²) in [6.45, 7) is 6.80. The number of alkyl halides is 1. The van der Waals surface area contributed by atoms with Gasteiger partial charge in [-0.05, 0) is 45.9 Å². The van der Waals surface area contributed by atoms with Crippen molar-refractivity contribution in [3.05, 3.63) is 29.6 Å². The molecule has 2 aliphatic heterocycles. The highest BCUT2D eigenvalue weighted by Gasteiger charge is 2.60. The number of amides is 1. The van der Waals surface area contributed by atoms with Crippen molar-refractivity contribution in [2.24, 2.45) is 4.99 Å². The Morgan fingerprint density at radius 2 is 2.18 bits per heavy atom. The van der Waals surface area contributed by atoms with Gasteiger partial charge in [0.25, 0.3) is 0 Å². The number of anilines is 1. The summed E-state index contributed by atoms with van der Waals surface area (Å²) in [6.07, 6.45) is -0.992. The van der Waals surface area contributed by atoms with Crippen LogP contribution in [-0.4, -0.2) is 41.0 Å². The number of benzene rings is 1. The van der Waals surface area contributed by atoms with Crippen LogP contribution in [0, 0.1) is 5.82 Å². The van der Waals surface area contributed by atoms with Crippen LogP contribution < -0.4 is 11.1 Å². The minimum atomic E-state index is -1.86. The fraction of sp³-hybridized carbons (Fsp3) is 0.579. The first-order valence-electron chi connectivity index (χ1n) is 9.03. The van der Waals surface area contributed by atoms with Crippen molar-refractivity contribution in [3.8, 4) is 0 Å². The summed E-state index contributed by atoms with van der Waals surface area (Å²) in [6, 6.07) is 3.98. The molecule has 28 heavy (non-hydrogen) atoms. The maximum Gasteiger partial charge on any atom is 0.413 e. The van der Waals surface area contributed by atoms with Crippen LogP contribution in [0.1, 0.15) is 39.7 Å². The van der Waals surface area contributed by atoms with Gasteiger partial charge in [-0.15, -0.1) is 0 Å². The predicted octanol–water partition coefficient (Wildman–Crippen LogP) is 3.75. The van der Waals surface area contributed by atoms with Gasteiger partial charge in [0.15, 0.2) is 10.8 Å². The second-order valence-corrected chi connectivity index (χ2v) is 9.19. The third-order valence-electron chi connectivity index (χ3n) is 4.70. The lowest BCUT2D eigenvalue weighted by Gasteiger charge is -2.50. The molecule has 0 bridgehead atoms. The minimum Gasteiger partial charge on any atom is -0.444 e. The van der Waals surface area contributed by atoms with Crippen molar-refractivity contribution in [2.45, 2.75) is 57.0 Å². The average molecular weight is 413 g/mol. The lowest BCUT2D eigenvalue weighted by Crippen LogP contribution is -2.61. The summed E-state index contributed by atoms with van der Waals surface area (Å²) in [4.78, 5) is 16.6. The lowest BCUT2D eigenvalue weighted by atomic mass is 9.72. The number of rotatable bonds is 1. The van der Waals surface area contributed by atoms with Gasteiger partial charge in [0.2, 0.25) is 0 Å². The molecule has 1 fully saturated rings. The van der Waals surface area contributed by atoms with Crippen LogP contribution >= 0.6 is 11.8 Å². The maximum atomic E-state index is 16.1. The van der Waals surface area contributed by atoms with E-state index < -0.39 is 28.7 Å². The molecule has 0 aliphatic carbocycles. The molecule has 0 spiro atoms. The third kappa shape index (κ3) is 3.96. The van der Waals surface area contributed by atoms with E-state index in [9.17, 15) is 9.18 Å². The number of carbonyl (C=O) groups is 1. The van der Waals surface area contributed by atoms with E-state index in [1.54, 1.807) is 27.7 Å². The molecule has 2 heterocycles. The molecule has 3 rings (SSSR count). The zero-order chi connectivity index (χ0) is 20.7. The summed E-state index contributed by atoms with van der Waals surface area (Å²) in [5.41, 5.74) is 1.95. The molecule has 3 atom stereocenters. The Balaban J connectivity index is 2.04. The summed E-state index contributed by atoms with van der Waals surface area (Å²) < 4.78 is 41.8. The van der Waals surface area contributed by atoms with E-state index in [1.807, 2.05) is 0 Å². The Hall–Kier alpha value is -1.87. The standard InChI is InChI=1S/C19H25F2N3O3S/c1-11-8-18(21)10-28-15(23-16(25)27-17(2,3)4)24-19(18,9-26-11)13-7-12(22)5-6-14(13)20/h5-7,11H,8-10,22H2,1-4H3,(H,23,24,25)/t11-,18+,19+/m0/s1. The molecular formula is C19H25F2N3O3S. The van der Waals surface area contributed by atoms with Crippen LogP contribution in [-0.2, 0) is 15.0 Å². The van der Waals surface area contributed by atoms with E-state index in [4.69, 9.17) is 15.2 Å². The highest BCUT2D eigenvalue weighted by atomic mass is 32.2. The maximum absolute atomic E-state index is 16.1. The summed E-state index contributed by atoms with van der Waals surface area (Å²) in [5.74, 6) is -0.634. The van der Waals surface area contributed by atoms with Crippen LogP contribution in [0.15, 0.2) is 23.2 Å². The first-order valence-corrected chi connectivity index (χ1v) is 10.0. The largest absolute Gasteiger partial charge is 0.444 e. The molecule has 0 unspecified atom stereocenters. The quantitative estimate of drug-likeness (QED) is 0.685. The minimum absolute atomic E-state index is 0.0103. The Morgan fingerprint density at radius 3 is 2.86 bits per heavy atom. The van der Waals surface area contributed by atoms with Crippen molar-refractivity contribution in [1.82, 2.24) is 5.32 Å². The number of nitrogens with one attached hydrogen (secondary N) is 1. The first kappa shape index (κ1) is 20.9. The molecule has 1 aromatic carbocycles. The van der Waals surface area contributed by atoms with Gasteiger partial charge in [0, 0.05) is 23.4 Å². The SMILES string of the molecule is C[C@H]1C[C@@]2(F)CSC(NC(=O)OC(C)(C)C)=N[C@@]2(c2cc(N)ccc2F)CO1. The molecule has 154 valence electrons. The fourth-order valence-electron chi connectivity index (χ4n) is 3.47. The Kier molecular flexibility index (Phi) is 5.35. The Labute approximate surface area is 167 Å². The van der Waals surface area contributed by atoms with Gasteiger partial charge in [-0.3, -0.25) is 5.32 Å². The van der Waals surface area contributed by atoms with Gasteiger partial charge in [0.05, 0.1) is 12.7 Å². The molecule has 0 radical (unpaired) electrons. The van der Waals surface area contributed by atoms with E-state index >= 15 is 4.39 Å². The zero-order valence-corrected chi connectivity index (χ0v) is 17.2. The number of alkyl carbamates (subject to hydrolysis) is 1. The molecule has 1 aromatic rings. The van der Waals surface area contributed by atoms with Gasteiger partial charge in [-0.1, -0.05) is 11.8 Å². The van der Waals surface area contributed by atoms with Crippen molar-refractivity contribution in [1.29, 1.82) is 0 Å². The molecule has 6 nitrogen and oxygen atoms in total. The van der Waals surface area contributed by atoms with E-state index in [-0.39, 0.29) is 35.6 Å². The Bertz CT molecular complexity index is 814. The number of carbonyl (C=O) groups excluding carboxylic acids is 1. The number of amidine groups is 1. The number of aliphatic imine (C=N–C) groups is 1. The second kappa shape index (κ2) is 7.18. The number of nitrogens with zero attached hydrogens (tertiary/aromatic N) is 1. The van der Waals surface area contributed by atoms with E-state index in [0.717, 1.165) is 11.8 Å². The van der Waals surface area contributed by atoms with E-state index in [1.165, 1.54) is 18.2 Å². The van der Waals surface area contributed by atoms with Crippen molar-refractivity contribution in [2.75, 3.05) is 18.1 Å². The van der Waals surface area contributed by atoms with Gasteiger partial charge in [0.1, 0.15) is 17.0 Å². The van der Waals surface area contributed by atoms with Crippen LogP contribution in [0.5, 0.6) is 0 Å². The number of halogens is 2. The molecule has 9 heteroatoms. The lowest BCUT2D eigenvalue weighted by molar-refractivity contribution is -0.107. The number of nitrogen functional groups attached to an aromatic ring is 1. The normalized spacial score (nSPS) is 30.2. The topological polar surface area (TPSA) is 85.9 Å². The molecule has 3 N–H and O–H groups in total. The van der Waals surface area contributed by atoms with Crippen LogP contribution in [0.4, 0.5) is 19.3 Å². The monoisotopic (exact) mass is 413 g/mol. The van der Waals surface area contributed by atoms with Gasteiger partial charge < -0.3 is 15.2 Å². The predicted molar refractivity (Wildman–Crippen MR) is 106 cm³/mol. The first-order chi connectivity index (χ1) is 12.9. The second-order valence-electron chi connectivity index (χ2n) is 8.22. The third-order valence-corrected chi connectivity index (χ3v) is 5.77. The summed E-state index contributed by atoms with van der Waals surface area (Å²) in [5, 5.41) is 2.70. The molecule has 0 saturated carbocycles.